The summed E-state index contributed by atoms with van der Waals surface area (Å²) in [5.41, 5.74) is 8.80. The van der Waals surface area contributed by atoms with Crippen LogP contribution in [0.25, 0.3) is 0 Å². The Balaban J connectivity index is 2.16. The van der Waals surface area contributed by atoms with Gasteiger partial charge in [-0.2, -0.15) is 0 Å². The molecule has 0 saturated heterocycles. The predicted molar refractivity (Wildman–Crippen MR) is 91.7 cm³/mol. The maximum Gasteiger partial charge on any atom is 0.0637 e. The molecule has 21 heavy (non-hydrogen) atoms. The highest BCUT2D eigenvalue weighted by Crippen LogP contribution is 2.27. The van der Waals surface area contributed by atoms with Crippen molar-refractivity contribution in [3.8, 4) is 0 Å². The van der Waals surface area contributed by atoms with Crippen molar-refractivity contribution < 1.29 is 0 Å². The van der Waals surface area contributed by atoms with Gasteiger partial charge in [-0.1, -0.05) is 47.5 Å². The standard InChI is InChI=1S/C17H20Cl2N2/c1-12(2)21(10-13-6-8-15(20)9-7-13)11-14-4-3-5-16(18)17(14)19/h3-9,12H,10-11,20H2,1-2H3. The van der Waals surface area contributed by atoms with Crippen molar-refractivity contribution >= 4 is 28.9 Å². The Kier molecular flexibility index (Phi) is 5.51. The van der Waals surface area contributed by atoms with Crippen LogP contribution in [0.5, 0.6) is 0 Å². The molecule has 0 unspecified atom stereocenters. The lowest BCUT2D eigenvalue weighted by molar-refractivity contribution is 0.204. The van der Waals surface area contributed by atoms with Gasteiger partial charge in [0.05, 0.1) is 10.0 Å². The SMILES string of the molecule is CC(C)N(Cc1ccc(N)cc1)Cc1cccc(Cl)c1Cl. The molecule has 112 valence electrons. The molecule has 2 aromatic carbocycles. The molecule has 4 heteroatoms. The lowest BCUT2D eigenvalue weighted by Crippen LogP contribution is -2.30. The van der Waals surface area contributed by atoms with Gasteiger partial charge >= 0.3 is 0 Å². The summed E-state index contributed by atoms with van der Waals surface area (Å²) in [6.07, 6.45) is 0. The first-order valence-electron chi connectivity index (χ1n) is 6.98. The fourth-order valence-corrected chi connectivity index (χ4v) is 2.55. The number of nitrogen functional groups attached to an aromatic ring is 1. The monoisotopic (exact) mass is 322 g/mol. The maximum atomic E-state index is 6.29. The topological polar surface area (TPSA) is 29.3 Å². The van der Waals surface area contributed by atoms with Gasteiger partial charge in [0.15, 0.2) is 0 Å². The van der Waals surface area contributed by atoms with Gasteiger partial charge in [-0.3, -0.25) is 4.90 Å². The van der Waals surface area contributed by atoms with Crippen LogP contribution in [0.4, 0.5) is 5.69 Å². The van der Waals surface area contributed by atoms with Crippen molar-refractivity contribution in [1.29, 1.82) is 0 Å². The average molecular weight is 323 g/mol. The van der Waals surface area contributed by atoms with Crippen molar-refractivity contribution in [3.05, 3.63) is 63.6 Å². The molecule has 0 bridgehead atoms. The van der Waals surface area contributed by atoms with Crippen LogP contribution < -0.4 is 5.73 Å². The lowest BCUT2D eigenvalue weighted by atomic mass is 10.1. The molecule has 2 N–H and O–H groups in total. The van der Waals surface area contributed by atoms with Crippen molar-refractivity contribution in [2.24, 2.45) is 0 Å². The third-order valence-electron chi connectivity index (χ3n) is 3.50. The van der Waals surface area contributed by atoms with E-state index in [2.05, 4.69) is 30.9 Å². The Morgan fingerprint density at radius 3 is 2.29 bits per heavy atom. The fourth-order valence-electron chi connectivity index (χ4n) is 2.17. The number of benzene rings is 2. The molecule has 2 aromatic rings. The smallest absolute Gasteiger partial charge is 0.0637 e. The number of hydrogen-bond donors (Lipinski definition) is 1. The van der Waals surface area contributed by atoms with E-state index in [0.717, 1.165) is 24.3 Å². The zero-order valence-electron chi connectivity index (χ0n) is 12.3. The molecule has 0 aliphatic rings. The summed E-state index contributed by atoms with van der Waals surface area (Å²) in [7, 11) is 0. The molecule has 0 aliphatic carbocycles. The minimum atomic E-state index is 0.401. The lowest BCUT2D eigenvalue weighted by Gasteiger charge is -2.27. The van der Waals surface area contributed by atoms with E-state index >= 15 is 0 Å². The van der Waals surface area contributed by atoms with Gasteiger partial charge in [0.25, 0.3) is 0 Å². The molecule has 2 nitrogen and oxygen atoms in total. The first-order chi connectivity index (χ1) is 9.97. The van der Waals surface area contributed by atoms with Crippen LogP contribution in [0.3, 0.4) is 0 Å². The number of nitrogens with two attached hydrogens (primary N) is 1. The zero-order chi connectivity index (χ0) is 15.4. The van der Waals surface area contributed by atoms with Crippen LogP contribution in [-0.2, 0) is 13.1 Å². The molecule has 0 aromatic heterocycles. The molecule has 0 amide bonds. The first kappa shape index (κ1) is 16.2. The Bertz CT molecular complexity index is 594. The van der Waals surface area contributed by atoms with Gasteiger partial charge < -0.3 is 5.73 Å². The zero-order valence-corrected chi connectivity index (χ0v) is 13.8. The highest BCUT2D eigenvalue weighted by molar-refractivity contribution is 6.42. The number of rotatable bonds is 5. The van der Waals surface area contributed by atoms with Crippen LogP contribution in [0.1, 0.15) is 25.0 Å². The van der Waals surface area contributed by atoms with Gasteiger partial charge in [-0.15, -0.1) is 0 Å². The number of anilines is 1. The summed E-state index contributed by atoms with van der Waals surface area (Å²) in [4.78, 5) is 2.35. The van der Waals surface area contributed by atoms with Crippen LogP contribution in [0.15, 0.2) is 42.5 Å². The van der Waals surface area contributed by atoms with E-state index in [-0.39, 0.29) is 0 Å². The second kappa shape index (κ2) is 7.17. The number of hydrogen-bond acceptors (Lipinski definition) is 2. The van der Waals surface area contributed by atoms with E-state index in [1.54, 1.807) is 0 Å². The summed E-state index contributed by atoms with van der Waals surface area (Å²) in [6, 6.07) is 14.2. The minimum Gasteiger partial charge on any atom is -0.399 e. The van der Waals surface area contributed by atoms with Crippen molar-refractivity contribution in [3.63, 3.8) is 0 Å². The largest absolute Gasteiger partial charge is 0.399 e. The van der Waals surface area contributed by atoms with Gasteiger partial charge in [0.1, 0.15) is 0 Å². The summed E-state index contributed by atoms with van der Waals surface area (Å²) in [5.74, 6) is 0. The van der Waals surface area contributed by atoms with E-state index in [9.17, 15) is 0 Å². The van der Waals surface area contributed by atoms with Crippen LogP contribution in [0.2, 0.25) is 10.0 Å². The molecule has 2 rings (SSSR count). The number of halogens is 2. The van der Waals surface area contributed by atoms with Gasteiger partial charge in [0.2, 0.25) is 0 Å². The molecule has 0 fully saturated rings. The van der Waals surface area contributed by atoms with E-state index in [1.807, 2.05) is 30.3 Å². The summed E-state index contributed by atoms with van der Waals surface area (Å²) >= 11 is 12.4. The minimum absolute atomic E-state index is 0.401. The molecular weight excluding hydrogens is 303 g/mol. The highest BCUT2D eigenvalue weighted by Gasteiger charge is 2.14. The summed E-state index contributed by atoms with van der Waals surface area (Å²) in [6.45, 7) is 5.97. The molecule has 0 radical (unpaired) electrons. The van der Waals surface area contributed by atoms with Crippen molar-refractivity contribution in [2.45, 2.75) is 33.0 Å². The van der Waals surface area contributed by atoms with Gasteiger partial charge in [0, 0.05) is 24.8 Å². The van der Waals surface area contributed by atoms with Crippen LogP contribution in [-0.4, -0.2) is 10.9 Å². The highest BCUT2D eigenvalue weighted by atomic mass is 35.5. The molecule has 0 spiro atoms. The normalized spacial score (nSPS) is 11.3. The summed E-state index contributed by atoms with van der Waals surface area (Å²) < 4.78 is 0. The second-order valence-corrected chi connectivity index (χ2v) is 6.24. The van der Waals surface area contributed by atoms with Crippen LogP contribution >= 0.6 is 23.2 Å². The van der Waals surface area contributed by atoms with Crippen molar-refractivity contribution in [2.75, 3.05) is 5.73 Å². The molecule has 0 saturated carbocycles. The molecule has 0 aliphatic heterocycles. The molecule has 0 heterocycles. The quantitative estimate of drug-likeness (QED) is 0.786. The van der Waals surface area contributed by atoms with E-state index in [1.165, 1.54) is 5.56 Å². The van der Waals surface area contributed by atoms with Gasteiger partial charge in [-0.25, -0.2) is 0 Å². The Labute approximate surface area is 136 Å². The Morgan fingerprint density at radius 1 is 1.00 bits per heavy atom. The van der Waals surface area contributed by atoms with E-state index in [0.29, 0.717) is 16.1 Å². The third-order valence-corrected chi connectivity index (χ3v) is 4.36. The van der Waals surface area contributed by atoms with Crippen molar-refractivity contribution in [1.82, 2.24) is 4.90 Å². The molecule has 0 atom stereocenters. The summed E-state index contributed by atoms with van der Waals surface area (Å²) in [5, 5.41) is 1.24. The van der Waals surface area contributed by atoms with E-state index in [4.69, 9.17) is 28.9 Å². The Hall–Kier alpha value is -1.22. The van der Waals surface area contributed by atoms with E-state index < -0.39 is 0 Å². The third kappa shape index (κ3) is 4.37. The van der Waals surface area contributed by atoms with Crippen LogP contribution in [0, 0.1) is 0 Å². The second-order valence-electron chi connectivity index (χ2n) is 5.45. The predicted octanol–water partition coefficient (Wildman–Crippen LogP) is 4.99. The average Bonchev–Trinajstić information content (AvgIpc) is 2.45. The molecular formula is C17H20Cl2N2. The Morgan fingerprint density at radius 2 is 1.67 bits per heavy atom. The maximum absolute atomic E-state index is 6.29. The fraction of sp³-hybridized carbons (Fsp3) is 0.294. The number of nitrogens with zero attached hydrogens (tertiary/aromatic N) is 1. The first-order valence-corrected chi connectivity index (χ1v) is 7.74. The van der Waals surface area contributed by atoms with Gasteiger partial charge in [-0.05, 0) is 43.2 Å².